The average molecular weight is 367 g/mol. The highest BCUT2D eigenvalue weighted by atomic mass is 16.5. The Labute approximate surface area is 161 Å². The average Bonchev–Trinajstić information content (AvgIpc) is 2.71. The van der Waals surface area contributed by atoms with Crippen LogP contribution in [0.3, 0.4) is 0 Å². The molecular weight excluding hydrogens is 338 g/mol. The van der Waals surface area contributed by atoms with E-state index in [0.717, 1.165) is 44.0 Å². The summed E-state index contributed by atoms with van der Waals surface area (Å²) in [6, 6.07) is 20.0. The van der Waals surface area contributed by atoms with Crippen molar-refractivity contribution in [2.75, 3.05) is 45.9 Å². The molecule has 0 bridgehead atoms. The van der Waals surface area contributed by atoms with Crippen LogP contribution in [0.4, 0.5) is 0 Å². The highest BCUT2D eigenvalue weighted by molar-refractivity contribution is 5.78. The normalized spacial score (nSPS) is 16.6. The molecule has 2 aromatic rings. The Bertz CT molecular complexity index is 685. The molecule has 1 aliphatic heterocycles. The van der Waals surface area contributed by atoms with Gasteiger partial charge >= 0.3 is 0 Å². The topological polar surface area (TPSA) is 44.8 Å². The lowest BCUT2D eigenvalue weighted by atomic mass is 10.1. The second kappa shape index (κ2) is 10.1. The molecule has 5 heteroatoms. The largest absolute Gasteiger partial charge is 0.492 e. The van der Waals surface area contributed by atoms with Crippen LogP contribution in [0.25, 0.3) is 0 Å². The first-order valence-electron chi connectivity index (χ1n) is 9.67. The first-order valence-corrected chi connectivity index (χ1v) is 9.67. The molecule has 0 aromatic heterocycles. The van der Waals surface area contributed by atoms with Crippen LogP contribution >= 0.6 is 0 Å². The molecule has 0 unspecified atom stereocenters. The quantitative estimate of drug-likeness (QED) is 0.779. The van der Waals surface area contributed by atoms with Crippen molar-refractivity contribution in [3.8, 4) is 5.75 Å². The predicted molar refractivity (Wildman–Crippen MR) is 108 cm³/mol. The van der Waals surface area contributed by atoms with E-state index in [9.17, 15) is 4.79 Å². The van der Waals surface area contributed by atoms with Crippen LogP contribution in [0, 0.1) is 0 Å². The molecule has 0 spiro atoms. The standard InChI is InChI=1S/C22H29N3O2/c1-19(20-8-4-2-5-9-20)23-22(26)18-25-14-12-24(13-15-25)16-17-27-21-10-6-3-7-11-21/h2-11,19H,12-18H2,1H3,(H,23,26)/t19-/m1/s1. The Kier molecular flexibility index (Phi) is 7.25. The maximum Gasteiger partial charge on any atom is 0.234 e. The van der Waals surface area contributed by atoms with Crippen molar-refractivity contribution in [1.29, 1.82) is 0 Å². The monoisotopic (exact) mass is 367 g/mol. The number of hydrogen-bond donors (Lipinski definition) is 1. The van der Waals surface area contributed by atoms with E-state index in [-0.39, 0.29) is 11.9 Å². The summed E-state index contributed by atoms with van der Waals surface area (Å²) in [6.07, 6.45) is 0. The van der Waals surface area contributed by atoms with E-state index < -0.39 is 0 Å². The maximum absolute atomic E-state index is 12.3. The highest BCUT2D eigenvalue weighted by Gasteiger charge is 2.19. The lowest BCUT2D eigenvalue weighted by Gasteiger charge is -2.34. The molecule has 2 aromatic carbocycles. The molecule has 1 N–H and O–H groups in total. The van der Waals surface area contributed by atoms with Crippen molar-refractivity contribution in [3.05, 3.63) is 66.2 Å². The van der Waals surface area contributed by atoms with E-state index in [1.54, 1.807) is 0 Å². The Morgan fingerprint density at radius 2 is 1.56 bits per heavy atom. The zero-order valence-electron chi connectivity index (χ0n) is 16.0. The van der Waals surface area contributed by atoms with Gasteiger partial charge in [-0.15, -0.1) is 0 Å². The Morgan fingerprint density at radius 3 is 2.22 bits per heavy atom. The van der Waals surface area contributed by atoms with Crippen molar-refractivity contribution >= 4 is 5.91 Å². The Hall–Kier alpha value is -2.37. The second-order valence-corrected chi connectivity index (χ2v) is 6.98. The van der Waals surface area contributed by atoms with Gasteiger partial charge in [-0.05, 0) is 24.6 Å². The lowest BCUT2D eigenvalue weighted by molar-refractivity contribution is -0.123. The van der Waals surface area contributed by atoms with Gasteiger partial charge in [-0.25, -0.2) is 0 Å². The molecule has 3 rings (SSSR count). The summed E-state index contributed by atoms with van der Waals surface area (Å²) in [5, 5.41) is 3.09. The lowest BCUT2D eigenvalue weighted by Crippen LogP contribution is -2.50. The summed E-state index contributed by atoms with van der Waals surface area (Å²) in [6.45, 7) is 7.87. The number of carbonyl (C=O) groups is 1. The predicted octanol–water partition coefficient (Wildman–Crippen LogP) is 2.56. The van der Waals surface area contributed by atoms with Crippen molar-refractivity contribution in [2.45, 2.75) is 13.0 Å². The van der Waals surface area contributed by atoms with Crippen molar-refractivity contribution in [1.82, 2.24) is 15.1 Å². The van der Waals surface area contributed by atoms with Gasteiger partial charge in [0.05, 0.1) is 12.6 Å². The van der Waals surface area contributed by atoms with Gasteiger partial charge in [0.2, 0.25) is 5.91 Å². The molecule has 0 radical (unpaired) electrons. The van der Waals surface area contributed by atoms with E-state index in [1.165, 1.54) is 0 Å². The van der Waals surface area contributed by atoms with Gasteiger partial charge in [0.15, 0.2) is 0 Å². The molecule has 1 aliphatic rings. The molecule has 27 heavy (non-hydrogen) atoms. The van der Waals surface area contributed by atoms with Crippen molar-refractivity contribution in [2.24, 2.45) is 0 Å². The van der Waals surface area contributed by atoms with Gasteiger partial charge in [-0.3, -0.25) is 14.6 Å². The summed E-state index contributed by atoms with van der Waals surface area (Å²) in [7, 11) is 0. The van der Waals surface area contributed by atoms with E-state index in [1.807, 2.05) is 67.6 Å². The molecule has 1 atom stereocenters. The third-order valence-corrected chi connectivity index (χ3v) is 4.93. The fourth-order valence-electron chi connectivity index (χ4n) is 3.30. The number of nitrogens with zero attached hydrogens (tertiary/aromatic N) is 2. The second-order valence-electron chi connectivity index (χ2n) is 6.98. The van der Waals surface area contributed by atoms with E-state index >= 15 is 0 Å². The maximum atomic E-state index is 12.3. The molecule has 5 nitrogen and oxygen atoms in total. The van der Waals surface area contributed by atoms with Gasteiger partial charge in [-0.1, -0.05) is 48.5 Å². The smallest absolute Gasteiger partial charge is 0.234 e. The zero-order chi connectivity index (χ0) is 18.9. The van der Waals surface area contributed by atoms with Crippen LogP contribution in [-0.4, -0.2) is 61.6 Å². The third-order valence-electron chi connectivity index (χ3n) is 4.93. The zero-order valence-corrected chi connectivity index (χ0v) is 16.0. The number of ether oxygens (including phenoxy) is 1. The van der Waals surface area contributed by atoms with E-state index in [4.69, 9.17) is 4.74 Å². The summed E-state index contributed by atoms with van der Waals surface area (Å²) in [5.74, 6) is 1.01. The number of hydrogen-bond acceptors (Lipinski definition) is 4. The number of nitrogens with one attached hydrogen (secondary N) is 1. The summed E-state index contributed by atoms with van der Waals surface area (Å²) < 4.78 is 5.77. The Morgan fingerprint density at radius 1 is 0.963 bits per heavy atom. The summed E-state index contributed by atoms with van der Waals surface area (Å²) >= 11 is 0. The molecule has 1 amide bonds. The molecule has 1 fully saturated rings. The highest BCUT2D eigenvalue weighted by Crippen LogP contribution is 2.11. The van der Waals surface area contributed by atoms with Gasteiger partial charge in [0.25, 0.3) is 0 Å². The van der Waals surface area contributed by atoms with Crippen LogP contribution < -0.4 is 10.1 Å². The van der Waals surface area contributed by atoms with Crippen molar-refractivity contribution < 1.29 is 9.53 Å². The first kappa shape index (κ1) is 19.4. The fraction of sp³-hybridized carbons (Fsp3) is 0.409. The van der Waals surface area contributed by atoms with E-state index in [0.29, 0.717) is 13.2 Å². The van der Waals surface area contributed by atoms with Crippen LogP contribution in [0.1, 0.15) is 18.5 Å². The minimum Gasteiger partial charge on any atom is -0.492 e. The first-order chi connectivity index (χ1) is 13.2. The number of rotatable bonds is 8. The molecular formula is C22H29N3O2. The molecule has 144 valence electrons. The molecule has 0 saturated carbocycles. The molecule has 0 aliphatic carbocycles. The van der Waals surface area contributed by atoms with Gasteiger partial charge in [0.1, 0.15) is 12.4 Å². The van der Waals surface area contributed by atoms with E-state index in [2.05, 4.69) is 15.1 Å². The van der Waals surface area contributed by atoms with Crippen LogP contribution in [-0.2, 0) is 4.79 Å². The Balaban J connectivity index is 1.32. The summed E-state index contributed by atoms with van der Waals surface area (Å²) in [5.41, 5.74) is 1.13. The number of amides is 1. The van der Waals surface area contributed by atoms with Crippen molar-refractivity contribution in [3.63, 3.8) is 0 Å². The number of carbonyl (C=O) groups excluding carboxylic acids is 1. The van der Waals surface area contributed by atoms with Gasteiger partial charge < -0.3 is 10.1 Å². The minimum absolute atomic E-state index is 0.0372. The fourth-order valence-corrected chi connectivity index (χ4v) is 3.30. The van der Waals surface area contributed by atoms with Crippen LogP contribution in [0.5, 0.6) is 5.75 Å². The number of piperazine rings is 1. The van der Waals surface area contributed by atoms with Gasteiger partial charge in [-0.2, -0.15) is 0 Å². The third kappa shape index (κ3) is 6.38. The molecule has 1 saturated heterocycles. The SMILES string of the molecule is C[C@@H](NC(=O)CN1CCN(CCOc2ccccc2)CC1)c1ccccc1. The number of para-hydroxylation sites is 1. The van der Waals surface area contributed by atoms with Crippen LogP contribution in [0.15, 0.2) is 60.7 Å². The molecule has 1 heterocycles. The number of benzene rings is 2. The van der Waals surface area contributed by atoms with Crippen LogP contribution in [0.2, 0.25) is 0 Å². The van der Waals surface area contributed by atoms with Gasteiger partial charge in [0, 0.05) is 32.7 Å². The summed E-state index contributed by atoms with van der Waals surface area (Å²) in [4.78, 5) is 16.9. The minimum atomic E-state index is 0.0372.